The maximum absolute atomic E-state index is 14.2. The van der Waals surface area contributed by atoms with E-state index in [4.69, 9.17) is 37.4 Å². The van der Waals surface area contributed by atoms with Crippen LogP contribution in [-0.2, 0) is 17.6 Å². The number of halogens is 2. The molecular weight excluding hydrogens is 501 g/mol. The lowest BCUT2D eigenvalue weighted by molar-refractivity contribution is -0.142. The van der Waals surface area contributed by atoms with Crippen molar-refractivity contribution in [2.75, 3.05) is 35.0 Å². The molecule has 1 aliphatic carbocycles. The number of Topliss-reactive ketones (excluding diaryl/α,β-unsaturated/α-hetero) is 1. The number of aliphatic hydroxyl groups excluding tert-OH is 1. The highest BCUT2D eigenvalue weighted by molar-refractivity contribution is 6.33. The third-order valence-corrected chi connectivity index (χ3v) is 9.87. The smallest absolute Gasteiger partial charge is 0.154 e. The number of aliphatic hydroxyl groups is 1. The van der Waals surface area contributed by atoms with Crippen LogP contribution in [0.15, 0.2) is 0 Å². The molecule has 0 amide bonds. The van der Waals surface area contributed by atoms with Gasteiger partial charge < -0.3 is 19.3 Å². The maximum Gasteiger partial charge on any atom is 0.154 e. The third kappa shape index (κ3) is 3.20. The Hall–Kier alpha value is -1.99. The molecule has 1 N–H and O–H groups in total. The summed E-state index contributed by atoms with van der Waals surface area (Å²) in [4.78, 5) is 16.3. The van der Waals surface area contributed by atoms with Gasteiger partial charge in [-0.25, -0.2) is 0 Å². The first-order chi connectivity index (χ1) is 17.1. The minimum absolute atomic E-state index is 0.136. The van der Waals surface area contributed by atoms with Crippen LogP contribution in [0.25, 0.3) is 0 Å². The van der Waals surface area contributed by atoms with Gasteiger partial charge >= 0.3 is 0 Å². The number of rotatable bonds is 4. The molecule has 5 atom stereocenters. The fourth-order valence-electron chi connectivity index (χ4n) is 7.31. The fourth-order valence-corrected chi connectivity index (χ4v) is 8.08. The normalized spacial score (nSPS) is 26.7. The summed E-state index contributed by atoms with van der Waals surface area (Å²) in [5.74, 6) is 1.24. The second-order valence-corrected chi connectivity index (χ2v) is 11.1. The van der Waals surface area contributed by atoms with Crippen LogP contribution in [0.3, 0.4) is 0 Å². The summed E-state index contributed by atoms with van der Waals surface area (Å²) in [6.07, 6.45) is 1.07. The zero-order valence-electron chi connectivity index (χ0n) is 21.8. The Morgan fingerprint density at radius 1 is 0.861 bits per heavy atom. The van der Waals surface area contributed by atoms with E-state index in [0.29, 0.717) is 28.6 Å². The number of fused-ring (bicyclic) bond motifs is 7. The van der Waals surface area contributed by atoms with Gasteiger partial charge in [0, 0.05) is 39.6 Å². The first kappa shape index (κ1) is 25.7. The number of likely N-dealkylation sites (N-methyl/N-ethyl adjacent to an activating group) is 1. The first-order valence-electron chi connectivity index (χ1n) is 12.3. The van der Waals surface area contributed by atoms with E-state index < -0.39 is 5.92 Å². The molecule has 2 bridgehead atoms. The van der Waals surface area contributed by atoms with E-state index in [2.05, 4.69) is 4.90 Å². The molecule has 2 aromatic rings. The van der Waals surface area contributed by atoms with Crippen molar-refractivity contribution in [3.63, 3.8) is 0 Å². The summed E-state index contributed by atoms with van der Waals surface area (Å²) in [6, 6.07) is -0.506. The van der Waals surface area contributed by atoms with Gasteiger partial charge in [-0.05, 0) is 68.8 Å². The van der Waals surface area contributed by atoms with Gasteiger partial charge in [0.25, 0.3) is 0 Å². The van der Waals surface area contributed by atoms with Crippen LogP contribution in [-0.4, -0.2) is 56.8 Å². The zero-order valence-corrected chi connectivity index (χ0v) is 23.3. The lowest BCUT2D eigenvalue weighted by atomic mass is 9.58. The van der Waals surface area contributed by atoms with Crippen LogP contribution >= 0.6 is 23.2 Å². The molecular formula is C28H33Cl2NO5. The number of hydrogen-bond donors (Lipinski definition) is 1. The maximum atomic E-state index is 14.2. The highest BCUT2D eigenvalue weighted by Gasteiger charge is 2.57. The van der Waals surface area contributed by atoms with Crippen molar-refractivity contribution in [2.24, 2.45) is 11.8 Å². The molecule has 1 fully saturated rings. The van der Waals surface area contributed by atoms with Crippen LogP contribution in [0.2, 0.25) is 10.0 Å². The number of benzene rings is 2. The Morgan fingerprint density at radius 3 is 2.08 bits per heavy atom. The quantitative estimate of drug-likeness (QED) is 0.597. The average molecular weight is 534 g/mol. The predicted octanol–water partition coefficient (Wildman–Crippen LogP) is 4.99. The molecule has 2 aliphatic heterocycles. The Bertz CT molecular complexity index is 1280. The van der Waals surface area contributed by atoms with E-state index in [1.165, 1.54) is 0 Å². The number of hydrogen-bond acceptors (Lipinski definition) is 6. The fraction of sp³-hybridized carbons (Fsp3) is 0.536. The predicted molar refractivity (Wildman–Crippen MR) is 140 cm³/mol. The van der Waals surface area contributed by atoms with Crippen molar-refractivity contribution in [3.8, 4) is 17.2 Å². The van der Waals surface area contributed by atoms with Crippen LogP contribution in [0.1, 0.15) is 50.9 Å². The second kappa shape index (κ2) is 9.09. The third-order valence-electron chi connectivity index (χ3n) is 8.98. The summed E-state index contributed by atoms with van der Waals surface area (Å²) in [6.45, 7) is 5.72. The molecule has 1 saturated heterocycles. The molecule has 36 heavy (non-hydrogen) atoms. The van der Waals surface area contributed by atoms with Gasteiger partial charge in [0.05, 0.1) is 39.0 Å². The molecule has 0 aromatic heterocycles. The number of carbonyl (C=O) groups excluding carboxylic acids is 1. The minimum Gasteiger partial charge on any atom is -0.496 e. The highest BCUT2D eigenvalue weighted by atomic mass is 35.5. The van der Waals surface area contributed by atoms with E-state index in [1.807, 2.05) is 27.8 Å². The van der Waals surface area contributed by atoms with Crippen LogP contribution in [0.5, 0.6) is 17.2 Å². The van der Waals surface area contributed by atoms with Crippen LogP contribution in [0.4, 0.5) is 0 Å². The Balaban J connectivity index is 1.80. The lowest BCUT2D eigenvalue weighted by Crippen LogP contribution is -2.60. The highest BCUT2D eigenvalue weighted by Crippen LogP contribution is 2.60. The van der Waals surface area contributed by atoms with Gasteiger partial charge in [0.1, 0.15) is 17.2 Å². The van der Waals surface area contributed by atoms with Crippen molar-refractivity contribution in [3.05, 3.63) is 49.0 Å². The molecule has 8 heteroatoms. The molecule has 2 aromatic carbocycles. The number of ketones is 1. The van der Waals surface area contributed by atoms with Crippen LogP contribution in [0, 0.1) is 32.6 Å². The van der Waals surface area contributed by atoms with E-state index in [0.717, 1.165) is 50.4 Å². The van der Waals surface area contributed by atoms with Gasteiger partial charge in [0.15, 0.2) is 5.78 Å². The summed E-state index contributed by atoms with van der Waals surface area (Å²) in [7, 11) is 6.88. The topological polar surface area (TPSA) is 68.2 Å². The van der Waals surface area contributed by atoms with Crippen molar-refractivity contribution >= 4 is 29.0 Å². The largest absolute Gasteiger partial charge is 0.496 e. The molecule has 3 unspecified atom stereocenters. The van der Waals surface area contributed by atoms with E-state index in [-0.39, 0.29) is 36.3 Å². The number of piperidine rings is 1. The number of carbonyl (C=O) groups is 1. The Labute approximate surface area is 222 Å². The monoisotopic (exact) mass is 533 g/mol. The van der Waals surface area contributed by atoms with E-state index >= 15 is 0 Å². The van der Waals surface area contributed by atoms with Crippen molar-refractivity contribution < 1.29 is 24.1 Å². The standard InChI is InChI=1S/C28H33Cl2NO5/c1-11-12(2)27(35-6)20-14(22(11)29)8-15-19(17(20)10-32)25(33)18-9-16-21(24(15)31(18)4)23(30)28(36-7)13(3)26(16)34-5/h15,17-19,24,32H,8-10H2,1-7H3/t15-,17-,18?,19?,24?/m1/s1. The average Bonchev–Trinajstić information content (AvgIpc) is 2.86. The lowest BCUT2D eigenvalue weighted by Gasteiger charge is -2.55. The zero-order chi connectivity index (χ0) is 26.2. The van der Waals surface area contributed by atoms with Crippen molar-refractivity contribution in [2.45, 2.75) is 51.6 Å². The molecule has 0 spiro atoms. The molecule has 3 aliphatic rings. The van der Waals surface area contributed by atoms with Crippen molar-refractivity contribution in [1.29, 1.82) is 0 Å². The van der Waals surface area contributed by atoms with Gasteiger partial charge in [-0.1, -0.05) is 23.2 Å². The SMILES string of the molecule is COc1c(C)c(OC)c2c(c1Cl)C1[C@@H]3Cc4c(Cl)c(C)c(C)c(OC)c4[C@H](CO)C3C(=O)C(C2)N1C. The Morgan fingerprint density at radius 2 is 1.50 bits per heavy atom. The number of nitrogens with zero attached hydrogens (tertiary/aromatic N) is 1. The minimum atomic E-state index is -0.411. The summed E-state index contributed by atoms with van der Waals surface area (Å²) in [5, 5.41) is 12.0. The van der Waals surface area contributed by atoms with Gasteiger partial charge in [-0.2, -0.15) is 0 Å². The molecule has 2 heterocycles. The van der Waals surface area contributed by atoms with Crippen molar-refractivity contribution in [1.82, 2.24) is 4.90 Å². The second-order valence-electron chi connectivity index (χ2n) is 10.3. The molecule has 6 nitrogen and oxygen atoms in total. The summed E-state index contributed by atoms with van der Waals surface area (Å²) >= 11 is 14.0. The van der Waals surface area contributed by atoms with E-state index in [1.54, 1.807) is 21.3 Å². The molecule has 0 saturated carbocycles. The number of ether oxygens (including phenoxy) is 3. The van der Waals surface area contributed by atoms with Gasteiger partial charge in [0.2, 0.25) is 0 Å². The summed E-state index contributed by atoms with van der Waals surface area (Å²) < 4.78 is 17.4. The van der Waals surface area contributed by atoms with Gasteiger partial charge in [-0.15, -0.1) is 0 Å². The molecule has 5 rings (SSSR count). The van der Waals surface area contributed by atoms with Crippen LogP contribution < -0.4 is 14.2 Å². The first-order valence-corrected chi connectivity index (χ1v) is 13.0. The molecule has 0 radical (unpaired) electrons. The Kier molecular flexibility index (Phi) is 6.47. The van der Waals surface area contributed by atoms with E-state index in [9.17, 15) is 9.90 Å². The summed E-state index contributed by atoms with van der Waals surface area (Å²) in [5.41, 5.74) is 6.46. The van der Waals surface area contributed by atoms with Gasteiger partial charge in [-0.3, -0.25) is 9.69 Å². The number of methoxy groups -OCH3 is 3. The molecule has 194 valence electrons.